The van der Waals surface area contributed by atoms with Gasteiger partial charge in [-0.05, 0) is 41.4 Å². The lowest BCUT2D eigenvalue weighted by Crippen LogP contribution is -2.34. The van der Waals surface area contributed by atoms with Gasteiger partial charge >= 0.3 is 0 Å². The van der Waals surface area contributed by atoms with Crippen LogP contribution in [-0.2, 0) is 10.0 Å². The molecule has 1 aliphatic carbocycles. The number of phenolic OH excluding ortho intramolecular Hbond substituents is 1. The Labute approximate surface area is 158 Å². The van der Waals surface area contributed by atoms with Crippen LogP contribution in [0.1, 0.15) is 15.9 Å². The summed E-state index contributed by atoms with van der Waals surface area (Å²) in [5.74, 6) is -0.872. The van der Waals surface area contributed by atoms with E-state index in [-0.39, 0.29) is 27.5 Å². The average molecular weight is 397 g/mol. The molecule has 2 aromatic carbocycles. The van der Waals surface area contributed by atoms with Crippen LogP contribution >= 0.6 is 0 Å². The molecule has 11 nitrogen and oxygen atoms in total. The van der Waals surface area contributed by atoms with Crippen molar-refractivity contribution in [1.82, 2.24) is 0 Å². The lowest BCUT2D eigenvalue weighted by Gasteiger charge is -2.24. The van der Waals surface area contributed by atoms with Gasteiger partial charge in [-0.3, -0.25) is 9.52 Å². The van der Waals surface area contributed by atoms with Gasteiger partial charge in [-0.1, -0.05) is 34.5 Å². The summed E-state index contributed by atoms with van der Waals surface area (Å²) in [4.78, 5) is 17.7. The van der Waals surface area contributed by atoms with E-state index in [0.29, 0.717) is 0 Å². The monoisotopic (exact) mass is 397 g/mol. The fraction of sp³-hybridized carbons (Fsp3) is 0.0625. The number of benzene rings is 2. The lowest BCUT2D eigenvalue weighted by atomic mass is 9.89. The smallest absolute Gasteiger partial charge is 0.262 e. The molecule has 3 rings (SSSR count). The molecule has 0 aliphatic heterocycles. The van der Waals surface area contributed by atoms with Crippen LogP contribution in [-0.4, -0.2) is 25.0 Å². The molecule has 0 radical (unpaired) electrons. The molecule has 0 saturated heterocycles. The molecule has 0 bridgehead atoms. The van der Waals surface area contributed by atoms with Crippen molar-refractivity contribution >= 4 is 27.6 Å². The molecule has 0 unspecified atom stereocenters. The molecule has 0 atom stereocenters. The number of ketones is 1. The van der Waals surface area contributed by atoms with Crippen LogP contribution in [0, 0.1) is 0 Å². The summed E-state index contributed by atoms with van der Waals surface area (Å²) in [6, 6.07) is 9.36. The predicted molar refractivity (Wildman–Crippen MR) is 99.7 cm³/mol. The van der Waals surface area contributed by atoms with E-state index in [9.17, 15) is 18.3 Å². The number of nitrogens with zero attached hydrogens (tertiary/aromatic N) is 6. The van der Waals surface area contributed by atoms with Crippen LogP contribution in [0.25, 0.3) is 27.0 Å². The van der Waals surface area contributed by atoms with Crippen molar-refractivity contribution in [2.24, 2.45) is 10.2 Å². The van der Waals surface area contributed by atoms with Crippen molar-refractivity contribution in [2.45, 2.75) is 10.6 Å². The van der Waals surface area contributed by atoms with Crippen molar-refractivity contribution in [2.75, 3.05) is 4.72 Å². The second-order valence-corrected chi connectivity index (χ2v) is 7.29. The number of rotatable bonds is 5. The summed E-state index contributed by atoms with van der Waals surface area (Å²) in [7, 11) is -4.09. The first-order chi connectivity index (χ1) is 13.3. The van der Waals surface area contributed by atoms with Crippen LogP contribution in [0.4, 0.5) is 5.69 Å². The highest BCUT2D eigenvalue weighted by Crippen LogP contribution is 2.34. The number of Topliss-reactive ketones (excluding diaryl/α,β-unsaturated/α-hetero) is 1. The Kier molecular flexibility index (Phi) is 4.68. The Balaban J connectivity index is 2.10. The highest BCUT2D eigenvalue weighted by Gasteiger charge is 2.40. The lowest BCUT2D eigenvalue weighted by molar-refractivity contribution is 0.0922. The topological polar surface area (TPSA) is 181 Å². The quantitative estimate of drug-likeness (QED) is 0.337. The van der Waals surface area contributed by atoms with Crippen molar-refractivity contribution in [3.63, 3.8) is 0 Å². The molecule has 0 spiro atoms. The zero-order valence-electron chi connectivity index (χ0n) is 14.0. The van der Waals surface area contributed by atoms with Crippen molar-refractivity contribution in [1.29, 1.82) is 0 Å². The minimum atomic E-state index is -4.09. The van der Waals surface area contributed by atoms with Crippen molar-refractivity contribution in [3.8, 4) is 5.75 Å². The average Bonchev–Trinajstić information content (AvgIpc) is 2.66. The number of hydrogen-bond donors (Lipinski definition) is 2. The molecular formula is C16H11N7O4S. The molecule has 0 amide bonds. The Morgan fingerprint density at radius 2 is 1.68 bits per heavy atom. The normalized spacial score (nSPS) is 17.8. The highest BCUT2D eigenvalue weighted by atomic mass is 32.2. The summed E-state index contributed by atoms with van der Waals surface area (Å²) in [6.45, 7) is 0. The highest BCUT2D eigenvalue weighted by molar-refractivity contribution is 7.92. The zero-order chi connectivity index (χ0) is 20.4. The first-order valence-corrected chi connectivity index (χ1v) is 9.13. The summed E-state index contributed by atoms with van der Waals surface area (Å²) < 4.78 is 27.9. The molecule has 0 aromatic heterocycles. The third-order valence-electron chi connectivity index (χ3n) is 3.93. The van der Waals surface area contributed by atoms with Gasteiger partial charge in [-0.25, -0.2) is 8.42 Å². The van der Waals surface area contributed by atoms with E-state index >= 15 is 0 Å². The second kappa shape index (κ2) is 6.97. The summed E-state index contributed by atoms with van der Waals surface area (Å²) in [6.07, 6.45) is 2.31. The van der Waals surface area contributed by atoms with E-state index in [1.165, 1.54) is 48.5 Å². The summed E-state index contributed by atoms with van der Waals surface area (Å²) in [5.41, 5.74) is 15.5. The number of azide groups is 1. The fourth-order valence-electron chi connectivity index (χ4n) is 2.68. The zero-order valence-corrected chi connectivity index (χ0v) is 14.8. The minimum Gasteiger partial charge on any atom is -0.508 e. The third-order valence-corrected chi connectivity index (χ3v) is 5.37. The van der Waals surface area contributed by atoms with Crippen molar-refractivity contribution < 1.29 is 18.3 Å². The number of nitrogens with one attached hydrogen (secondary N) is 1. The summed E-state index contributed by atoms with van der Waals surface area (Å²) in [5, 5.41) is 15.9. The maximum absolute atomic E-state index is 12.8. The first kappa shape index (κ1) is 18.8. The molecular weight excluding hydrogens is 386 g/mol. The minimum absolute atomic E-state index is 0.0268. The SMILES string of the molecule is [N-]=[N+]=NC1(N=[N+]=[N-])C=Cc2c(cccc2S(=O)(=O)Nc2ccc(O)cc2)C1=O. The van der Waals surface area contributed by atoms with Gasteiger partial charge < -0.3 is 5.11 Å². The summed E-state index contributed by atoms with van der Waals surface area (Å²) >= 11 is 0. The number of anilines is 1. The predicted octanol–water partition coefficient (Wildman–Crippen LogP) is 3.72. The van der Waals surface area contributed by atoms with Gasteiger partial charge in [0.25, 0.3) is 10.0 Å². The molecule has 0 fully saturated rings. The van der Waals surface area contributed by atoms with Gasteiger partial charge in [0.15, 0.2) is 5.78 Å². The number of carbonyl (C=O) groups is 1. The van der Waals surface area contributed by atoms with Gasteiger partial charge in [-0.2, -0.15) is 0 Å². The van der Waals surface area contributed by atoms with Crippen LogP contribution in [0.3, 0.4) is 0 Å². The van der Waals surface area contributed by atoms with E-state index in [1.807, 2.05) is 0 Å². The molecule has 1 aliphatic rings. The molecule has 140 valence electrons. The molecule has 0 saturated carbocycles. The number of carbonyl (C=O) groups excluding carboxylic acids is 1. The van der Waals surface area contributed by atoms with E-state index in [0.717, 1.165) is 6.08 Å². The molecule has 28 heavy (non-hydrogen) atoms. The number of hydrogen-bond acceptors (Lipinski definition) is 6. The van der Waals surface area contributed by atoms with E-state index in [1.54, 1.807) is 0 Å². The fourth-order valence-corrected chi connectivity index (χ4v) is 3.96. The van der Waals surface area contributed by atoms with E-state index < -0.39 is 21.5 Å². The van der Waals surface area contributed by atoms with Gasteiger partial charge in [0.1, 0.15) is 5.75 Å². The second-order valence-electron chi connectivity index (χ2n) is 5.64. The largest absolute Gasteiger partial charge is 0.508 e. The number of fused-ring (bicyclic) bond motifs is 1. The van der Waals surface area contributed by atoms with Crippen LogP contribution < -0.4 is 4.72 Å². The molecule has 2 aromatic rings. The van der Waals surface area contributed by atoms with Crippen LogP contribution in [0.2, 0.25) is 0 Å². The number of phenols is 1. The van der Waals surface area contributed by atoms with Crippen LogP contribution in [0.15, 0.2) is 63.7 Å². The first-order valence-electron chi connectivity index (χ1n) is 7.64. The van der Waals surface area contributed by atoms with Gasteiger partial charge in [0, 0.05) is 26.6 Å². The number of aromatic hydroxyl groups is 1. The third kappa shape index (κ3) is 3.21. The maximum Gasteiger partial charge on any atom is 0.262 e. The molecule has 2 N–H and O–H groups in total. The Hall–Kier alpha value is -3.98. The van der Waals surface area contributed by atoms with Gasteiger partial charge in [-0.15, -0.1) is 0 Å². The Morgan fingerprint density at radius 3 is 2.29 bits per heavy atom. The van der Waals surface area contributed by atoms with E-state index in [2.05, 4.69) is 24.8 Å². The standard InChI is InChI=1S/C16H11N7O4S/c17-22-20-16(21-23-18)9-8-12-13(15(16)25)2-1-3-14(12)28(26,27)19-10-4-6-11(24)7-5-10/h1-9,19,24H. The Bertz CT molecular complexity index is 1170. The van der Waals surface area contributed by atoms with E-state index in [4.69, 9.17) is 11.1 Å². The van der Waals surface area contributed by atoms with Gasteiger partial charge in [0.05, 0.1) is 4.90 Å². The molecule has 0 heterocycles. The van der Waals surface area contributed by atoms with Crippen molar-refractivity contribution in [3.05, 3.63) is 80.6 Å². The maximum atomic E-state index is 12.8. The Morgan fingerprint density at radius 1 is 1.04 bits per heavy atom. The van der Waals surface area contributed by atoms with Gasteiger partial charge in [0.2, 0.25) is 5.66 Å². The van der Waals surface area contributed by atoms with Crippen LogP contribution in [0.5, 0.6) is 5.75 Å². The number of sulfonamides is 1. The molecule has 12 heteroatoms.